The Hall–Kier alpha value is -2.58. The highest BCUT2D eigenvalue weighted by Crippen LogP contribution is 2.21. The molecule has 240 valence electrons. The number of aliphatic hydroxyl groups excluding tert-OH is 1. The van der Waals surface area contributed by atoms with Gasteiger partial charge in [0.15, 0.2) is 0 Å². The van der Waals surface area contributed by atoms with Gasteiger partial charge >= 0.3 is 5.97 Å². The van der Waals surface area contributed by atoms with Gasteiger partial charge in [-0.25, -0.2) is 0 Å². The van der Waals surface area contributed by atoms with Crippen LogP contribution in [0, 0.1) is 11.3 Å². The third-order valence-corrected chi connectivity index (χ3v) is 7.93. The van der Waals surface area contributed by atoms with Crippen molar-refractivity contribution in [2.45, 2.75) is 97.5 Å². The summed E-state index contributed by atoms with van der Waals surface area (Å²) in [4.78, 5) is 39.3. The monoisotopic (exact) mass is 613 g/mol. The number of hydrogen-bond donors (Lipinski definition) is 6. The van der Waals surface area contributed by atoms with Gasteiger partial charge in [-0.15, -0.1) is 0 Å². The summed E-state index contributed by atoms with van der Waals surface area (Å²) in [6.45, 7) is 11.8. The molecule has 0 saturated carbocycles. The molecule has 0 heterocycles. The fraction of sp³-hybridized carbons (Fsp3) is 0.690. The molecule has 12 nitrogen and oxygen atoms in total. The van der Waals surface area contributed by atoms with Crippen LogP contribution in [0.1, 0.15) is 66.9 Å². The summed E-state index contributed by atoms with van der Waals surface area (Å²) in [5.41, 5.74) is -1.56. The largest absolute Gasteiger partial charge is 0.480 e. The average molecular weight is 614 g/mol. The van der Waals surface area contributed by atoms with Crippen LogP contribution in [0.15, 0.2) is 30.3 Å². The van der Waals surface area contributed by atoms with E-state index in [0.717, 1.165) is 5.56 Å². The maximum Gasteiger partial charge on any atom is 0.324 e. The summed E-state index contributed by atoms with van der Waals surface area (Å²) in [6, 6.07) is 6.76. The maximum absolute atomic E-state index is 13.6. The molecule has 1 rings (SSSR count). The number of nitrogens with zero attached hydrogens (tertiary/aromatic N) is 1. The molecule has 1 aromatic carbocycles. The molecule has 0 aliphatic rings. The smallest absolute Gasteiger partial charge is 0.324 e. The Balaban J connectivity index is 3.28. The number of amides is 2. The van der Waals surface area contributed by atoms with Crippen LogP contribution >= 0.6 is 0 Å². The van der Waals surface area contributed by atoms with Gasteiger partial charge in [0, 0.05) is 6.04 Å². The maximum atomic E-state index is 13.6. The first-order valence-corrected chi connectivity index (χ1v) is 15.6. The molecule has 4 atom stereocenters. The standard InChI is InChI=1S/C29H51N5O7S/c1-19(2)15-21(32-42(40,41)33-29(6,7)27(38)39)17-23(35)22(16-20-13-11-10-12-14-20)30-26(37)25(28(3,4)5)31-24(36)18-34(8)9/h10-14,19,21-23,25,32-33,35H,15-18H2,1-9H3,(H,30,37)(H,31,36)(H,38,39)/t21?,22-,23+,25+/m0/s1. The second kappa shape index (κ2) is 15.8. The van der Waals surface area contributed by atoms with Crippen LogP contribution in [-0.4, -0.2) is 91.7 Å². The van der Waals surface area contributed by atoms with E-state index in [1.807, 2.05) is 65.0 Å². The van der Waals surface area contributed by atoms with E-state index in [0.29, 0.717) is 6.42 Å². The van der Waals surface area contributed by atoms with Crippen molar-refractivity contribution in [3.8, 4) is 0 Å². The first-order chi connectivity index (χ1) is 19.1. The van der Waals surface area contributed by atoms with Gasteiger partial charge in [0.1, 0.15) is 11.6 Å². The minimum absolute atomic E-state index is 0.0386. The molecule has 0 aliphatic heterocycles. The topological polar surface area (TPSA) is 177 Å². The molecular weight excluding hydrogens is 562 g/mol. The number of likely N-dealkylation sites (N-methyl/N-ethyl adjacent to an activating group) is 1. The quantitative estimate of drug-likeness (QED) is 0.152. The number of hydrogen-bond acceptors (Lipinski definition) is 7. The van der Waals surface area contributed by atoms with Gasteiger partial charge in [0.05, 0.1) is 18.7 Å². The van der Waals surface area contributed by atoms with Gasteiger partial charge in [-0.3, -0.25) is 14.4 Å². The Bertz CT molecular complexity index is 1130. The van der Waals surface area contributed by atoms with E-state index >= 15 is 0 Å². The van der Waals surface area contributed by atoms with E-state index < -0.39 is 57.3 Å². The highest BCUT2D eigenvalue weighted by molar-refractivity contribution is 7.87. The molecule has 0 spiro atoms. The summed E-state index contributed by atoms with van der Waals surface area (Å²) >= 11 is 0. The molecule has 0 aromatic heterocycles. The summed E-state index contributed by atoms with van der Waals surface area (Å²) in [5, 5.41) is 26.5. The molecule has 13 heteroatoms. The van der Waals surface area contributed by atoms with Crippen LogP contribution in [0.5, 0.6) is 0 Å². The Morgan fingerprint density at radius 2 is 1.52 bits per heavy atom. The second-order valence-corrected chi connectivity index (χ2v) is 14.6. The first-order valence-electron chi connectivity index (χ1n) is 14.1. The zero-order valence-electron chi connectivity index (χ0n) is 26.4. The number of carboxylic acid groups (broad SMARTS) is 1. The van der Waals surface area contributed by atoms with Gasteiger partial charge < -0.3 is 25.7 Å². The molecule has 0 bridgehead atoms. The zero-order valence-corrected chi connectivity index (χ0v) is 27.2. The highest BCUT2D eigenvalue weighted by atomic mass is 32.2. The van der Waals surface area contributed by atoms with Gasteiger partial charge in [0.2, 0.25) is 11.8 Å². The number of aliphatic carboxylic acids is 1. The number of rotatable bonds is 17. The lowest BCUT2D eigenvalue weighted by Crippen LogP contribution is -2.59. The van der Waals surface area contributed by atoms with Crippen molar-refractivity contribution in [1.29, 1.82) is 0 Å². The number of aliphatic hydroxyl groups is 1. The van der Waals surface area contributed by atoms with Gasteiger partial charge in [0.25, 0.3) is 10.2 Å². The van der Waals surface area contributed by atoms with Gasteiger partial charge in [-0.2, -0.15) is 17.9 Å². The van der Waals surface area contributed by atoms with E-state index in [-0.39, 0.29) is 31.2 Å². The number of carbonyl (C=O) groups excluding carboxylic acids is 2. The average Bonchev–Trinajstić information content (AvgIpc) is 2.79. The summed E-state index contributed by atoms with van der Waals surface area (Å²) in [6.07, 6.45) is -0.645. The molecule has 2 amide bonds. The van der Waals surface area contributed by atoms with E-state index in [2.05, 4.69) is 20.1 Å². The summed E-state index contributed by atoms with van der Waals surface area (Å²) < 4.78 is 30.4. The van der Waals surface area contributed by atoms with Crippen LogP contribution in [0.3, 0.4) is 0 Å². The Morgan fingerprint density at radius 1 is 0.952 bits per heavy atom. The number of carbonyl (C=O) groups is 3. The number of carboxylic acids is 1. The van der Waals surface area contributed by atoms with Crippen molar-refractivity contribution in [3.05, 3.63) is 35.9 Å². The lowest BCUT2D eigenvalue weighted by Gasteiger charge is -2.34. The molecule has 1 unspecified atom stereocenters. The summed E-state index contributed by atoms with van der Waals surface area (Å²) in [5.74, 6) is -2.10. The van der Waals surface area contributed by atoms with Crippen molar-refractivity contribution in [2.75, 3.05) is 20.6 Å². The SMILES string of the molecule is CC(C)CC(C[C@@H](O)[C@H](Cc1ccccc1)NC(=O)[C@@H](NC(=O)CN(C)C)C(C)(C)C)NS(=O)(=O)NC(C)(C)C(=O)O. The molecule has 0 aliphatic carbocycles. The van der Waals surface area contributed by atoms with Crippen molar-refractivity contribution in [3.63, 3.8) is 0 Å². The lowest BCUT2D eigenvalue weighted by molar-refractivity contribution is -0.142. The van der Waals surface area contributed by atoms with Crippen LogP contribution in [0.25, 0.3) is 0 Å². The van der Waals surface area contributed by atoms with Crippen LogP contribution in [0.4, 0.5) is 0 Å². The minimum atomic E-state index is -4.27. The number of nitrogens with one attached hydrogen (secondary N) is 4. The molecular formula is C29H51N5O7S. The van der Waals surface area contributed by atoms with E-state index in [4.69, 9.17) is 0 Å². The van der Waals surface area contributed by atoms with E-state index in [9.17, 15) is 33.0 Å². The predicted molar refractivity (Wildman–Crippen MR) is 163 cm³/mol. The van der Waals surface area contributed by atoms with E-state index in [1.54, 1.807) is 19.0 Å². The fourth-order valence-corrected chi connectivity index (χ4v) is 5.88. The van der Waals surface area contributed by atoms with Crippen molar-refractivity contribution >= 4 is 28.0 Å². The third kappa shape index (κ3) is 13.6. The first kappa shape index (κ1) is 37.4. The van der Waals surface area contributed by atoms with Gasteiger partial charge in [-0.05, 0) is 64.1 Å². The second-order valence-electron chi connectivity index (χ2n) is 13.2. The Kier molecular flexibility index (Phi) is 14.1. The van der Waals surface area contributed by atoms with Crippen LogP contribution < -0.4 is 20.1 Å². The normalized spacial score (nSPS) is 15.6. The Morgan fingerprint density at radius 3 is 2.00 bits per heavy atom. The van der Waals surface area contributed by atoms with Crippen molar-refractivity contribution in [2.24, 2.45) is 11.3 Å². The third-order valence-electron chi connectivity index (χ3n) is 6.51. The van der Waals surface area contributed by atoms with Crippen LogP contribution in [0.2, 0.25) is 0 Å². The van der Waals surface area contributed by atoms with Crippen molar-refractivity contribution < 1.29 is 33.0 Å². The molecule has 1 aromatic rings. The Labute approximate surface area is 251 Å². The summed E-state index contributed by atoms with van der Waals surface area (Å²) in [7, 11) is -0.773. The molecule has 0 fully saturated rings. The molecule has 6 N–H and O–H groups in total. The lowest BCUT2D eigenvalue weighted by atomic mass is 9.85. The predicted octanol–water partition coefficient (Wildman–Crippen LogP) is 1.26. The number of benzene rings is 1. The molecule has 0 saturated heterocycles. The highest BCUT2D eigenvalue weighted by Gasteiger charge is 2.37. The zero-order chi connectivity index (χ0) is 32.5. The van der Waals surface area contributed by atoms with Crippen molar-refractivity contribution in [1.82, 2.24) is 25.0 Å². The fourth-order valence-electron chi connectivity index (χ4n) is 4.43. The minimum Gasteiger partial charge on any atom is -0.480 e. The van der Waals surface area contributed by atoms with Crippen LogP contribution in [-0.2, 0) is 31.0 Å². The van der Waals surface area contributed by atoms with E-state index in [1.165, 1.54) is 13.8 Å². The van der Waals surface area contributed by atoms with Gasteiger partial charge in [-0.1, -0.05) is 65.0 Å². The molecule has 42 heavy (non-hydrogen) atoms. The molecule has 0 radical (unpaired) electrons.